The monoisotopic (exact) mass is 269 g/mol. The molecule has 0 atom stereocenters. The van der Waals surface area contributed by atoms with Crippen LogP contribution in [0, 0.1) is 0 Å². The van der Waals surface area contributed by atoms with E-state index in [1.165, 1.54) is 0 Å². The fourth-order valence-corrected chi connectivity index (χ4v) is 3.35. The molecular weight excluding hydrogens is 246 g/mol. The van der Waals surface area contributed by atoms with E-state index >= 15 is 0 Å². The van der Waals surface area contributed by atoms with Crippen molar-refractivity contribution in [1.29, 1.82) is 0 Å². The molecule has 102 valence electrons. The highest BCUT2D eigenvalue weighted by Crippen LogP contribution is 2.33. The van der Waals surface area contributed by atoms with Gasteiger partial charge in [-0.05, 0) is 27.7 Å². The Morgan fingerprint density at radius 2 is 1.67 bits per heavy atom. The fraction of sp³-hybridized carbons (Fsp3) is 0.846. The lowest BCUT2D eigenvalue weighted by atomic mass is 9.99. The lowest BCUT2D eigenvalue weighted by Gasteiger charge is -2.46. The molecule has 1 fully saturated rings. The van der Waals surface area contributed by atoms with Gasteiger partial charge in [-0.15, -0.1) is 10.2 Å². The first kappa shape index (κ1) is 13.7. The maximum Gasteiger partial charge on any atom is 0.208 e. The zero-order valence-electron chi connectivity index (χ0n) is 12.1. The van der Waals surface area contributed by atoms with Crippen molar-refractivity contribution >= 4 is 16.5 Å². The number of nitrogens with zero attached hydrogens (tertiary/aromatic N) is 3. The van der Waals surface area contributed by atoms with E-state index in [1.807, 2.05) is 0 Å². The number of ether oxygens (including phenoxy) is 1. The molecule has 2 heterocycles. The van der Waals surface area contributed by atoms with Gasteiger partial charge in [0.25, 0.3) is 0 Å². The number of morpholine rings is 1. The van der Waals surface area contributed by atoms with Crippen molar-refractivity contribution in [2.24, 2.45) is 0 Å². The van der Waals surface area contributed by atoms with E-state index in [9.17, 15) is 0 Å². The highest BCUT2D eigenvalue weighted by molar-refractivity contribution is 7.15. The molecule has 0 unspecified atom stereocenters. The summed E-state index contributed by atoms with van der Waals surface area (Å²) in [6, 6.07) is 0. The largest absolute Gasteiger partial charge is 0.366 e. The molecule has 1 aliphatic rings. The zero-order chi connectivity index (χ0) is 13.6. The lowest BCUT2D eigenvalue weighted by Crippen LogP contribution is -2.57. The Morgan fingerprint density at radius 1 is 1.11 bits per heavy atom. The van der Waals surface area contributed by atoms with E-state index in [2.05, 4.69) is 56.6 Å². The quantitative estimate of drug-likeness (QED) is 0.827. The fourth-order valence-electron chi connectivity index (χ4n) is 2.51. The van der Waals surface area contributed by atoms with Crippen LogP contribution >= 0.6 is 11.3 Å². The van der Waals surface area contributed by atoms with Gasteiger partial charge in [0.15, 0.2) is 0 Å². The van der Waals surface area contributed by atoms with Gasteiger partial charge in [-0.3, -0.25) is 0 Å². The summed E-state index contributed by atoms with van der Waals surface area (Å²) in [5.74, 6) is 0.443. The van der Waals surface area contributed by atoms with E-state index < -0.39 is 0 Å². The summed E-state index contributed by atoms with van der Waals surface area (Å²) >= 11 is 1.70. The van der Waals surface area contributed by atoms with E-state index in [-0.39, 0.29) is 11.2 Å². The molecule has 0 spiro atoms. The lowest BCUT2D eigenvalue weighted by molar-refractivity contribution is -0.133. The van der Waals surface area contributed by atoms with E-state index in [0.29, 0.717) is 5.92 Å². The van der Waals surface area contributed by atoms with Crippen molar-refractivity contribution in [1.82, 2.24) is 10.2 Å². The maximum absolute atomic E-state index is 6.08. The van der Waals surface area contributed by atoms with Crippen LogP contribution < -0.4 is 4.90 Å². The molecule has 5 heteroatoms. The molecule has 1 aromatic rings. The number of hydrogen-bond acceptors (Lipinski definition) is 5. The minimum absolute atomic E-state index is 0.147. The minimum Gasteiger partial charge on any atom is -0.366 e. The zero-order valence-corrected chi connectivity index (χ0v) is 13.0. The third-order valence-corrected chi connectivity index (χ3v) is 4.17. The molecule has 1 aliphatic heterocycles. The first-order valence-corrected chi connectivity index (χ1v) is 7.29. The molecule has 18 heavy (non-hydrogen) atoms. The first-order chi connectivity index (χ1) is 8.19. The van der Waals surface area contributed by atoms with Crippen molar-refractivity contribution < 1.29 is 4.74 Å². The normalized spacial score (nSPS) is 22.5. The number of anilines is 1. The maximum atomic E-state index is 6.08. The second kappa shape index (κ2) is 4.46. The Hall–Kier alpha value is -0.680. The summed E-state index contributed by atoms with van der Waals surface area (Å²) in [5, 5.41) is 10.7. The number of aromatic nitrogens is 2. The Bertz CT molecular complexity index is 410. The molecule has 0 radical (unpaired) electrons. The number of rotatable bonds is 2. The molecule has 0 amide bonds. The van der Waals surface area contributed by atoms with Gasteiger partial charge in [-0.25, -0.2) is 0 Å². The minimum atomic E-state index is -0.147. The van der Waals surface area contributed by atoms with Crippen LogP contribution in [-0.2, 0) is 4.74 Å². The smallest absolute Gasteiger partial charge is 0.208 e. The summed E-state index contributed by atoms with van der Waals surface area (Å²) < 4.78 is 6.08. The van der Waals surface area contributed by atoms with Crippen LogP contribution in [-0.4, -0.2) is 34.5 Å². The second-order valence-corrected chi connectivity index (χ2v) is 7.54. The van der Waals surface area contributed by atoms with Crippen LogP contribution in [0.25, 0.3) is 0 Å². The van der Waals surface area contributed by atoms with Crippen LogP contribution in [0.4, 0.5) is 5.13 Å². The van der Waals surface area contributed by atoms with Crippen molar-refractivity contribution in [3.05, 3.63) is 5.01 Å². The average Bonchev–Trinajstić information content (AvgIpc) is 2.60. The van der Waals surface area contributed by atoms with Crippen LogP contribution in [0.5, 0.6) is 0 Å². The molecule has 0 saturated carbocycles. The molecule has 1 saturated heterocycles. The van der Waals surface area contributed by atoms with Crippen molar-refractivity contribution in [3.8, 4) is 0 Å². The average molecular weight is 269 g/mol. The summed E-state index contributed by atoms with van der Waals surface area (Å²) in [6.07, 6.45) is 0. The van der Waals surface area contributed by atoms with Gasteiger partial charge in [0, 0.05) is 19.0 Å². The first-order valence-electron chi connectivity index (χ1n) is 6.47. The SMILES string of the molecule is CC(C)c1nnc(N2CC(C)(C)OC(C)(C)C2)s1. The van der Waals surface area contributed by atoms with Gasteiger partial charge in [0.2, 0.25) is 5.13 Å². The van der Waals surface area contributed by atoms with Crippen molar-refractivity contribution in [2.45, 2.75) is 58.7 Å². The Kier molecular flexibility index (Phi) is 3.40. The Labute approximate surface area is 113 Å². The standard InChI is InChI=1S/C13H23N3OS/c1-9(2)10-14-15-11(18-10)16-7-12(3,4)17-13(5,6)8-16/h9H,7-8H2,1-6H3. The summed E-state index contributed by atoms with van der Waals surface area (Å²) in [4.78, 5) is 2.30. The molecule has 0 bridgehead atoms. The topological polar surface area (TPSA) is 38.2 Å². The van der Waals surface area contributed by atoms with E-state index in [0.717, 1.165) is 23.2 Å². The molecule has 0 aliphatic carbocycles. The predicted octanol–water partition coefficient (Wildman–Crippen LogP) is 3.06. The molecular formula is C13H23N3OS. The third kappa shape index (κ3) is 3.01. The van der Waals surface area contributed by atoms with Crippen LogP contribution in [0.15, 0.2) is 0 Å². The number of hydrogen-bond donors (Lipinski definition) is 0. The van der Waals surface area contributed by atoms with Crippen LogP contribution in [0.2, 0.25) is 0 Å². The molecule has 4 nitrogen and oxygen atoms in total. The summed E-state index contributed by atoms with van der Waals surface area (Å²) in [6.45, 7) is 14.6. The second-order valence-electron chi connectivity index (χ2n) is 6.56. The van der Waals surface area contributed by atoms with Crippen molar-refractivity contribution in [2.75, 3.05) is 18.0 Å². The Balaban J connectivity index is 2.21. The van der Waals surface area contributed by atoms with Crippen LogP contribution in [0.3, 0.4) is 0 Å². The Morgan fingerprint density at radius 3 is 2.11 bits per heavy atom. The van der Waals surface area contributed by atoms with Gasteiger partial charge in [-0.2, -0.15) is 0 Å². The van der Waals surface area contributed by atoms with Crippen molar-refractivity contribution in [3.63, 3.8) is 0 Å². The molecule has 0 aromatic carbocycles. The van der Waals surface area contributed by atoms with E-state index in [1.54, 1.807) is 11.3 Å². The van der Waals surface area contributed by atoms with Gasteiger partial charge >= 0.3 is 0 Å². The highest BCUT2D eigenvalue weighted by atomic mass is 32.1. The van der Waals surface area contributed by atoms with Gasteiger partial charge in [0.1, 0.15) is 5.01 Å². The molecule has 0 N–H and O–H groups in total. The summed E-state index contributed by atoms with van der Waals surface area (Å²) in [7, 11) is 0. The van der Waals surface area contributed by atoms with E-state index in [4.69, 9.17) is 4.74 Å². The third-order valence-electron chi connectivity index (χ3n) is 2.89. The summed E-state index contributed by atoms with van der Waals surface area (Å²) in [5.41, 5.74) is -0.295. The predicted molar refractivity (Wildman–Crippen MR) is 75.5 cm³/mol. The highest BCUT2D eigenvalue weighted by Gasteiger charge is 2.39. The van der Waals surface area contributed by atoms with Gasteiger partial charge in [-0.1, -0.05) is 25.2 Å². The van der Waals surface area contributed by atoms with Crippen LogP contribution in [0.1, 0.15) is 52.5 Å². The van der Waals surface area contributed by atoms with Gasteiger partial charge < -0.3 is 9.64 Å². The molecule has 2 rings (SSSR count). The molecule has 1 aromatic heterocycles. The van der Waals surface area contributed by atoms with Gasteiger partial charge in [0.05, 0.1) is 11.2 Å².